The highest BCUT2D eigenvalue weighted by molar-refractivity contribution is 5.42. The van der Waals surface area contributed by atoms with E-state index in [4.69, 9.17) is 0 Å². The van der Waals surface area contributed by atoms with E-state index in [1.165, 1.54) is 12.1 Å². The van der Waals surface area contributed by atoms with Gasteiger partial charge in [0.1, 0.15) is 5.82 Å². The van der Waals surface area contributed by atoms with Crippen LogP contribution in [-0.2, 0) is 6.54 Å². The minimum Gasteiger partial charge on any atom is -0.292 e. The smallest absolute Gasteiger partial charge is 0.275 e. The molecule has 0 saturated carbocycles. The molecule has 136 valence electrons. The Hall–Kier alpha value is -2.47. The van der Waals surface area contributed by atoms with Crippen LogP contribution in [0.5, 0.6) is 0 Å². The number of aromatic amines is 1. The Kier molecular flexibility index (Phi) is 4.36. The molecule has 1 aliphatic heterocycles. The third-order valence-electron chi connectivity index (χ3n) is 5.38. The zero-order valence-corrected chi connectivity index (χ0v) is 15.1. The number of hydrogen-bond acceptors (Lipinski definition) is 3. The molecule has 0 bridgehead atoms. The van der Waals surface area contributed by atoms with E-state index in [2.05, 4.69) is 15.0 Å². The van der Waals surface area contributed by atoms with Crippen molar-refractivity contribution in [1.82, 2.24) is 19.5 Å². The van der Waals surface area contributed by atoms with E-state index in [-0.39, 0.29) is 17.4 Å². The molecule has 0 unspecified atom stereocenters. The SMILES string of the molecule is Cc1nc2cc([C@H]3CCCCN3Cc3ccc(F)cc3)[nH]n2c(=O)c1C. The van der Waals surface area contributed by atoms with Gasteiger partial charge in [-0.25, -0.2) is 13.9 Å². The lowest BCUT2D eigenvalue weighted by atomic mass is 9.98. The van der Waals surface area contributed by atoms with Gasteiger partial charge in [0.2, 0.25) is 0 Å². The Morgan fingerprint density at radius 1 is 1.23 bits per heavy atom. The summed E-state index contributed by atoms with van der Waals surface area (Å²) in [6.45, 7) is 5.42. The average Bonchev–Trinajstić information content (AvgIpc) is 3.06. The van der Waals surface area contributed by atoms with Crippen molar-refractivity contribution in [2.24, 2.45) is 0 Å². The Morgan fingerprint density at radius 3 is 2.77 bits per heavy atom. The monoisotopic (exact) mass is 354 g/mol. The number of H-pyrrole nitrogens is 1. The van der Waals surface area contributed by atoms with Gasteiger partial charge in [-0.2, -0.15) is 0 Å². The van der Waals surface area contributed by atoms with Crippen LogP contribution in [-0.4, -0.2) is 26.0 Å². The molecular formula is C20H23FN4O. The van der Waals surface area contributed by atoms with Crippen molar-refractivity contribution >= 4 is 5.65 Å². The van der Waals surface area contributed by atoms with Gasteiger partial charge in [-0.15, -0.1) is 0 Å². The van der Waals surface area contributed by atoms with E-state index in [1.54, 1.807) is 11.4 Å². The average molecular weight is 354 g/mol. The Balaban J connectivity index is 1.67. The normalized spacial score (nSPS) is 18.5. The van der Waals surface area contributed by atoms with Gasteiger partial charge >= 0.3 is 0 Å². The van der Waals surface area contributed by atoms with Gasteiger partial charge in [0.05, 0.1) is 11.7 Å². The van der Waals surface area contributed by atoms with Crippen molar-refractivity contribution in [3.8, 4) is 0 Å². The third kappa shape index (κ3) is 3.05. The molecule has 0 aliphatic carbocycles. The summed E-state index contributed by atoms with van der Waals surface area (Å²) in [5.74, 6) is -0.212. The van der Waals surface area contributed by atoms with Crippen LogP contribution >= 0.6 is 0 Å². The number of likely N-dealkylation sites (tertiary alicyclic amines) is 1. The maximum Gasteiger partial charge on any atom is 0.275 e. The minimum absolute atomic E-state index is 0.0420. The first kappa shape index (κ1) is 17.0. The fraction of sp³-hybridized carbons (Fsp3) is 0.400. The summed E-state index contributed by atoms with van der Waals surface area (Å²) >= 11 is 0. The molecule has 3 aromatic rings. The number of rotatable bonds is 3. The summed E-state index contributed by atoms with van der Waals surface area (Å²) in [6.07, 6.45) is 3.33. The lowest BCUT2D eigenvalue weighted by Gasteiger charge is -2.35. The second-order valence-electron chi connectivity index (χ2n) is 7.14. The van der Waals surface area contributed by atoms with Gasteiger partial charge in [-0.3, -0.25) is 14.8 Å². The predicted octanol–water partition coefficient (Wildman–Crippen LogP) is 3.51. The molecule has 1 fully saturated rings. The number of hydrogen-bond donors (Lipinski definition) is 1. The maximum atomic E-state index is 13.2. The molecule has 1 atom stereocenters. The summed E-state index contributed by atoms with van der Waals surface area (Å²) < 4.78 is 14.7. The van der Waals surface area contributed by atoms with Crippen molar-refractivity contribution in [2.45, 2.75) is 45.7 Å². The van der Waals surface area contributed by atoms with Gasteiger partial charge in [0.25, 0.3) is 5.56 Å². The largest absolute Gasteiger partial charge is 0.292 e. The Labute approximate surface area is 151 Å². The first-order chi connectivity index (χ1) is 12.5. The summed E-state index contributed by atoms with van der Waals surface area (Å²) in [6, 6.07) is 8.88. The van der Waals surface area contributed by atoms with E-state index < -0.39 is 0 Å². The van der Waals surface area contributed by atoms with Crippen LogP contribution in [0.4, 0.5) is 4.39 Å². The van der Waals surface area contributed by atoms with Gasteiger partial charge in [-0.05, 0) is 50.9 Å². The molecule has 1 saturated heterocycles. The lowest BCUT2D eigenvalue weighted by molar-refractivity contribution is 0.137. The van der Waals surface area contributed by atoms with Crippen LogP contribution in [0, 0.1) is 19.7 Å². The molecule has 1 aromatic carbocycles. The molecule has 0 amide bonds. The summed E-state index contributed by atoms with van der Waals surface area (Å²) in [7, 11) is 0. The minimum atomic E-state index is -0.212. The molecule has 26 heavy (non-hydrogen) atoms. The molecule has 0 radical (unpaired) electrons. The summed E-state index contributed by atoms with van der Waals surface area (Å²) in [5.41, 5.74) is 4.17. The maximum absolute atomic E-state index is 13.2. The van der Waals surface area contributed by atoms with Crippen molar-refractivity contribution < 1.29 is 4.39 Å². The van der Waals surface area contributed by atoms with Crippen LogP contribution in [0.3, 0.4) is 0 Å². The molecule has 1 aliphatic rings. The molecule has 0 spiro atoms. The fourth-order valence-electron chi connectivity index (χ4n) is 3.76. The predicted molar refractivity (Wildman–Crippen MR) is 98.7 cm³/mol. The molecule has 5 nitrogen and oxygen atoms in total. The van der Waals surface area contributed by atoms with Crippen molar-refractivity contribution in [3.63, 3.8) is 0 Å². The van der Waals surface area contributed by atoms with Gasteiger partial charge < -0.3 is 0 Å². The van der Waals surface area contributed by atoms with Crippen LogP contribution in [0.2, 0.25) is 0 Å². The number of halogens is 1. The lowest BCUT2D eigenvalue weighted by Crippen LogP contribution is -2.33. The number of fused-ring (bicyclic) bond motifs is 1. The first-order valence-electron chi connectivity index (χ1n) is 9.10. The summed E-state index contributed by atoms with van der Waals surface area (Å²) in [4.78, 5) is 19.4. The van der Waals surface area contributed by atoms with Crippen LogP contribution < -0.4 is 5.56 Å². The van der Waals surface area contributed by atoms with Gasteiger partial charge in [-0.1, -0.05) is 18.6 Å². The van der Waals surface area contributed by atoms with Gasteiger partial charge in [0, 0.05) is 23.9 Å². The second-order valence-corrected chi connectivity index (χ2v) is 7.14. The van der Waals surface area contributed by atoms with E-state index in [0.717, 1.165) is 49.3 Å². The molecule has 3 heterocycles. The van der Waals surface area contributed by atoms with Crippen molar-refractivity contribution in [3.05, 3.63) is 69.0 Å². The Morgan fingerprint density at radius 2 is 2.00 bits per heavy atom. The fourth-order valence-corrected chi connectivity index (χ4v) is 3.76. The zero-order chi connectivity index (χ0) is 18.3. The van der Waals surface area contributed by atoms with Gasteiger partial charge in [0.15, 0.2) is 5.65 Å². The number of aromatic nitrogens is 3. The third-order valence-corrected chi connectivity index (χ3v) is 5.38. The van der Waals surface area contributed by atoms with Crippen LogP contribution in [0.1, 0.15) is 47.8 Å². The first-order valence-corrected chi connectivity index (χ1v) is 9.10. The highest BCUT2D eigenvalue weighted by Crippen LogP contribution is 2.31. The number of nitrogens with zero attached hydrogens (tertiary/aromatic N) is 3. The molecular weight excluding hydrogens is 331 g/mol. The van der Waals surface area contributed by atoms with E-state index in [9.17, 15) is 9.18 Å². The number of piperidine rings is 1. The molecule has 4 rings (SSSR count). The quantitative estimate of drug-likeness (QED) is 0.783. The van der Waals surface area contributed by atoms with Crippen molar-refractivity contribution in [2.75, 3.05) is 6.54 Å². The van der Waals surface area contributed by atoms with Crippen molar-refractivity contribution in [1.29, 1.82) is 0 Å². The molecule has 6 heteroatoms. The topological polar surface area (TPSA) is 53.4 Å². The van der Waals surface area contributed by atoms with Crippen LogP contribution in [0.25, 0.3) is 5.65 Å². The molecule has 1 N–H and O–H groups in total. The highest BCUT2D eigenvalue weighted by atomic mass is 19.1. The van der Waals surface area contributed by atoms with E-state index in [1.807, 2.05) is 25.1 Å². The second kappa shape index (κ2) is 6.68. The zero-order valence-electron chi connectivity index (χ0n) is 15.1. The number of nitrogens with one attached hydrogen (secondary N) is 1. The standard InChI is InChI=1S/C20H23FN4O/c1-13-14(2)22-19-11-17(23-25(19)20(13)26)18-5-3-4-10-24(18)12-15-6-8-16(21)9-7-15/h6-9,11,18,23H,3-5,10,12H2,1-2H3/t18-/m1/s1. The number of aryl methyl sites for hydroxylation is 1. The van der Waals surface area contributed by atoms with Crippen LogP contribution in [0.15, 0.2) is 35.1 Å². The van der Waals surface area contributed by atoms with E-state index in [0.29, 0.717) is 11.2 Å². The molecule has 2 aromatic heterocycles. The highest BCUT2D eigenvalue weighted by Gasteiger charge is 2.26. The van der Waals surface area contributed by atoms with E-state index >= 15 is 0 Å². The number of benzene rings is 1. The summed E-state index contributed by atoms with van der Waals surface area (Å²) in [5, 5.41) is 3.27. The Bertz CT molecular complexity index is 989.